The number of aromatic nitrogens is 1. The smallest absolute Gasteiger partial charge is 0.419 e. The number of rotatable bonds is 12. The molecule has 210 valence electrons. The third-order valence-corrected chi connectivity index (χ3v) is 5.75. The van der Waals surface area contributed by atoms with Gasteiger partial charge in [0.15, 0.2) is 0 Å². The summed E-state index contributed by atoms with van der Waals surface area (Å²) in [4.78, 5) is 63.7. The SMILES string of the molecule is CCCNC(=O)c1ccc(C)c(NC(=N)c2[nH]cc(C(=O)N(CC)C(=O)OCOC(=O)C(C)NC=O)c2C)c1. The van der Waals surface area contributed by atoms with E-state index in [-0.39, 0.29) is 23.9 Å². The van der Waals surface area contributed by atoms with Gasteiger partial charge in [0.2, 0.25) is 13.2 Å². The molecule has 1 heterocycles. The second kappa shape index (κ2) is 14.3. The molecule has 1 aromatic carbocycles. The van der Waals surface area contributed by atoms with Crippen LogP contribution in [0.15, 0.2) is 24.4 Å². The van der Waals surface area contributed by atoms with E-state index < -0.39 is 30.8 Å². The first-order valence-electron chi connectivity index (χ1n) is 12.3. The first kappa shape index (κ1) is 30.5. The number of nitrogens with zero attached hydrogens (tertiary/aromatic N) is 1. The Morgan fingerprint density at radius 1 is 1.15 bits per heavy atom. The maximum absolute atomic E-state index is 13.1. The Hall–Kier alpha value is -4.68. The van der Waals surface area contributed by atoms with Crippen LogP contribution in [0.4, 0.5) is 10.5 Å². The molecule has 5 N–H and O–H groups in total. The normalized spacial score (nSPS) is 11.1. The highest BCUT2D eigenvalue weighted by Gasteiger charge is 2.27. The van der Waals surface area contributed by atoms with Gasteiger partial charge in [-0.05, 0) is 57.4 Å². The van der Waals surface area contributed by atoms with Crippen LogP contribution in [-0.2, 0) is 19.1 Å². The van der Waals surface area contributed by atoms with E-state index in [9.17, 15) is 24.0 Å². The molecule has 0 radical (unpaired) electrons. The van der Waals surface area contributed by atoms with E-state index in [1.54, 1.807) is 32.0 Å². The summed E-state index contributed by atoms with van der Waals surface area (Å²) in [5.41, 5.74) is 2.68. The van der Waals surface area contributed by atoms with E-state index in [2.05, 4.69) is 20.9 Å². The molecule has 39 heavy (non-hydrogen) atoms. The topological polar surface area (TPSA) is 183 Å². The van der Waals surface area contributed by atoms with Crippen molar-refractivity contribution in [2.75, 3.05) is 25.2 Å². The van der Waals surface area contributed by atoms with Gasteiger partial charge in [-0.3, -0.25) is 19.8 Å². The molecule has 0 saturated carbocycles. The monoisotopic (exact) mass is 542 g/mol. The molecule has 1 atom stereocenters. The summed E-state index contributed by atoms with van der Waals surface area (Å²) >= 11 is 0. The van der Waals surface area contributed by atoms with Gasteiger partial charge in [-0.1, -0.05) is 13.0 Å². The molecule has 1 unspecified atom stereocenters. The minimum absolute atomic E-state index is 0.0313. The van der Waals surface area contributed by atoms with Crippen LogP contribution in [0.2, 0.25) is 0 Å². The lowest BCUT2D eigenvalue weighted by molar-refractivity contribution is -0.154. The third-order valence-electron chi connectivity index (χ3n) is 5.75. The number of H-pyrrole nitrogens is 1. The summed E-state index contributed by atoms with van der Waals surface area (Å²) in [6.07, 6.45) is 1.49. The van der Waals surface area contributed by atoms with Crippen LogP contribution >= 0.6 is 0 Å². The van der Waals surface area contributed by atoms with Crippen LogP contribution in [0.5, 0.6) is 0 Å². The number of amidine groups is 1. The molecule has 0 saturated heterocycles. The number of ether oxygens (including phenoxy) is 2. The molecule has 0 spiro atoms. The Morgan fingerprint density at radius 3 is 2.51 bits per heavy atom. The second-order valence-electron chi connectivity index (χ2n) is 8.54. The van der Waals surface area contributed by atoms with Crippen molar-refractivity contribution in [1.29, 1.82) is 5.41 Å². The Bertz CT molecular complexity index is 1240. The second-order valence-corrected chi connectivity index (χ2v) is 8.54. The van der Waals surface area contributed by atoms with Crippen LogP contribution in [0.25, 0.3) is 0 Å². The van der Waals surface area contributed by atoms with Gasteiger partial charge in [0.05, 0.1) is 11.3 Å². The van der Waals surface area contributed by atoms with E-state index in [4.69, 9.17) is 14.9 Å². The molecule has 13 heteroatoms. The number of amides is 4. The highest BCUT2D eigenvalue weighted by Crippen LogP contribution is 2.21. The molecule has 13 nitrogen and oxygen atoms in total. The number of carbonyl (C=O) groups excluding carboxylic acids is 5. The van der Waals surface area contributed by atoms with Crippen molar-refractivity contribution in [1.82, 2.24) is 20.5 Å². The molecular weight excluding hydrogens is 508 g/mol. The van der Waals surface area contributed by atoms with E-state index in [1.165, 1.54) is 13.1 Å². The first-order chi connectivity index (χ1) is 18.5. The Labute approximate surface area is 226 Å². The lowest BCUT2D eigenvalue weighted by Gasteiger charge is -2.19. The highest BCUT2D eigenvalue weighted by atomic mass is 16.7. The number of imide groups is 1. The fourth-order valence-electron chi connectivity index (χ4n) is 3.42. The van der Waals surface area contributed by atoms with Gasteiger partial charge in [0.25, 0.3) is 11.8 Å². The fourth-order valence-corrected chi connectivity index (χ4v) is 3.42. The number of hydrogen-bond donors (Lipinski definition) is 5. The molecule has 4 amide bonds. The molecule has 2 rings (SSSR count). The van der Waals surface area contributed by atoms with Crippen molar-refractivity contribution in [3.05, 3.63) is 52.3 Å². The number of benzene rings is 1. The van der Waals surface area contributed by atoms with Gasteiger partial charge < -0.3 is 30.4 Å². The van der Waals surface area contributed by atoms with Crippen LogP contribution in [0, 0.1) is 19.3 Å². The molecule has 0 fully saturated rings. The summed E-state index contributed by atoms with van der Waals surface area (Å²) in [6, 6.07) is 4.19. The number of hydrogen-bond acceptors (Lipinski definition) is 8. The van der Waals surface area contributed by atoms with Crippen molar-refractivity contribution in [3.8, 4) is 0 Å². The predicted octanol–water partition coefficient (Wildman–Crippen LogP) is 2.44. The number of anilines is 1. The van der Waals surface area contributed by atoms with Crippen molar-refractivity contribution in [3.63, 3.8) is 0 Å². The predicted molar refractivity (Wildman–Crippen MR) is 143 cm³/mol. The Kier molecular flexibility index (Phi) is 11.2. The first-order valence-corrected chi connectivity index (χ1v) is 12.3. The molecule has 1 aromatic heterocycles. The minimum atomic E-state index is -1.03. The zero-order valence-corrected chi connectivity index (χ0v) is 22.6. The summed E-state index contributed by atoms with van der Waals surface area (Å²) in [7, 11) is 0. The molecule has 0 aliphatic heterocycles. The average Bonchev–Trinajstić information content (AvgIpc) is 3.30. The summed E-state index contributed by atoms with van der Waals surface area (Å²) < 4.78 is 9.65. The summed E-state index contributed by atoms with van der Waals surface area (Å²) in [5.74, 6) is -1.76. The third kappa shape index (κ3) is 7.90. The van der Waals surface area contributed by atoms with E-state index >= 15 is 0 Å². The maximum Gasteiger partial charge on any atom is 0.419 e. The molecular formula is C26H34N6O7. The van der Waals surface area contributed by atoms with Crippen molar-refractivity contribution < 1.29 is 33.4 Å². The van der Waals surface area contributed by atoms with Gasteiger partial charge in [-0.25, -0.2) is 14.5 Å². The van der Waals surface area contributed by atoms with Gasteiger partial charge in [-0.15, -0.1) is 0 Å². The number of aromatic amines is 1. The lowest BCUT2D eigenvalue weighted by Crippen LogP contribution is -2.39. The summed E-state index contributed by atoms with van der Waals surface area (Å²) in [5, 5.41) is 16.5. The molecule has 0 aliphatic rings. The molecule has 0 bridgehead atoms. The van der Waals surface area contributed by atoms with E-state index in [0.717, 1.165) is 16.9 Å². The molecule has 0 aliphatic carbocycles. The van der Waals surface area contributed by atoms with Crippen LogP contribution in [-0.4, -0.2) is 71.9 Å². The number of esters is 1. The Morgan fingerprint density at radius 2 is 1.87 bits per heavy atom. The zero-order chi connectivity index (χ0) is 29.1. The quantitative estimate of drug-likeness (QED) is 0.0890. The number of aryl methyl sites for hydroxylation is 1. The highest BCUT2D eigenvalue weighted by molar-refractivity contribution is 6.10. The largest absolute Gasteiger partial charge is 0.426 e. The van der Waals surface area contributed by atoms with E-state index in [0.29, 0.717) is 35.5 Å². The standard InChI is InChI=1S/C26H34N6O7/c1-6-10-28-23(34)18-9-8-15(3)20(11-18)31-22(27)21-16(4)19(12-29-21)24(35)32(7-2)26(37)39-14-38-25(36)17(5)30-13-33/h8-9,11-13,17,29H,6-7,10,14H2,1-5H3,(H2,27,31)(H,28,34)(H,30,33). The van der Waals surface area contributed by atoms with Crippen LogP contribution in [0.3, 0.4) is 0 Å². The van der Waals surface area contributed by atoms with Crippen LogP contribution < -0.4 is 16.0 Å². The molecule has 2 aromatic rings. The van der Waals surface area contributed by atoms with E-state index in [1.807, 2.05) is 13.8 Å². The van der Waals surface area contributed by atoms with Gasteiger partial charge in [0.1, 0.15) is 11.9 Å². The van der Waals surface area contributed by atoms with Gasteiger partial charge in [0, 0.05) is 30.5 Å². The Balaban J connectivity index is 2.11. The number of nitrogens with one attached hydrogen (secondary N) is 5. The van der Waals surface area contributed by atoms with Crippen LogP contribution in [0.1, 0.15) is 64.7 Å². The van der Waals surface area contributed by atoms with Crippen molar-refractivity contribution in [2.45, 2.75) is 47.1 Å². The van der Waals surface area contributed by atoms with Crippen molar-refractivity contribution >= 4 is 41.8 Å². The summed E-state index contributed by atoms with van der Waals surface area (Å²) in [6.45, 7) is 8.15. The zero-order valence-electron chi connectivity index (χ0n) is 22.6. The lowest BCUT2D eigenvalue weighted by atomic mass is 10.1. The van der Waals surface area contributed by atoms with Gasteiger partial charge in [-0.2, -0.15) is 0 Å². The minimum Gasteiger partial charge on any atom is -0.426 e. The number of carbonyl (C=O) groups is 5. The van der Waals surface area contributed by atoms with Crippen molar-refractivity contribution in [2.24, 2.45) is 0 Å². The fraction of sp³-hybridized carbons (Fsp3) is 0.385. The maximum atomic E-state index is 13.1. The average molecular weight is 543 g/mol. The van der Waals surface area contributed by atoms with Gasteiger partial charge >= 0.3 is 12.1 Å².